The Hall–Kier alpha value is -1.62. The molecule has 4 N–H and O–H groups in total. The number of benzene rings is 1. The number of rotatable bonds is 2. The van der Waals surface area contributed by atoms with E-state index in [9.17, 15) is 4.39 Å². The fourth-order valence-corrected chi connectivity index (χ4v) is 2.56. The molecule has 0 spiro atoms. The van der Waals surface area contributed by atoms with Crippen molar-refractivity contribution in [3.8, 4) is 0 Å². The van der Waals surface area contributed by atoms with Crippen LogP contribution in [0.1, 0.15) is 25.7 Å². The van der Waals surface area contributed by atoms with E-state index in [1.807, 2.05) is 0 Å². The van der Waals surface area contributed by atoms with E-state index in [2.05, 4.69) is 15.3 Å². The second-order valence-electron chi connectivity index (χ2n) is 4.95. The van der Waals surface area contributed by atoms with Crippen molar-refractivity contribution in [3.63, 3.8) is 0 Å². The third-order valence-corrected chi connectivity index (χ3v) is 3.59. The lowest BCUT2D eigenvalue weighted by atomic mass is 9.91. The van der Waals surface area contributed by atoms with Crippen LogP contribution >= 0.6 is 0 Å². The minimum absolute atomic E-state index is 0.170. The Labute approximate surface area is 105 Å². The maximum Gasteiger partial charge on any atom is 0.201 e. The predicted octanol–water partition coefficient (Wildman–Crippen LogP) is 2.38. The number of aromatic nitrogens is 2. The van der Waals surface area contributed by atoms with Gasteiger partial charge in [-0.05, 0) is 31.0 Å². The second kappa shape index (κ2) is 4.57. The highest BCUT2D eigenvalue weighted by molar-refractivity contribution is 5.77. The van der Waals surface area contributed by atoms with Crippen molar-refractivity contribution < 1.29 is 4.39 Å². The van der Waals surface area contributed by atoms with Crippen LogP contribution in [0.4, 0.5) is 10.3 Å². The van der Waals surface area contributed by atoms with E-state index in [1.54, 1.807) is 6.07 Å². The van der Waals surface area contributed by atoms with Crippen molar-refractivity contribution in [2.45, 2.75) is 37.8 Å². The van der Waals surface area contributed by atoms with Crippen molar-refractivity contribution in [2.24, 2.45) is 5.73 Å². The molecule has 1 aliphatic carbocycles. The predicted molar refractivity (Wildman–Crippen MR) is 69.9 cm³/mol. The van der Waals surface area contributed by atoms with Gasteiger partial charge in [-0.25, -0.2) is 9.37 Å². The molecule has 0 bridgehead atoms. The van der Waals surface area contributed by atoms with Crippen molar-refractivity contribution in [1.82, 2.24) is 9.97 Å². The second-order valence-corrected chi connectivity index (χ2v) is 4.95. The molecule has 4 nitrogen and oxygen atoms in total. The average Bonchev–Trinajstić information content (AvgIpc) is 2.73. The minimum Gasteiger partial charge on any atom is -0.352 e. The topological polar surface area (TPSA) is 66.7 Å². The first-order valence-corrected chi connectivity index (χ1v) is 6.40. The Morgan fingerprint density at radius 1 is 1.33 bits per heavy atom. The largest absolute Gasteiger partial charge is 0.352 e. The van der Waals surface area contributed by atoms with Gasteiger partial charge in [-0.3, -0.25) is 0 Å². The zero-order valence-corrected chi connectivity index (χ0v) is 10.1. The fraction of sp³-hybridized carbons (Fsp3) is 0.462. The van der Waals surface area contributed by atoms with Gasteiger partial charge in [0.15, 0.2) is 0 Å². The van der Waals surface area contributed by atoms with Gasteiger partial charge in [-0.1, -0.05) is 12.8 Å². The van der Waals surface area contributed by atoms with Gasteiger partial charge in [0.2, 0.25) is 5.95 Å². The minimum atomic E-state index is -0.257. The SMILES string of the molecule is N[C@@H]1CCCC[C@H]1Nc1nc2ccc(F)cc2[nH]1. The number of nitrogens with two attached hydrogens (primary N) is 1. The van der Waals surface area contributed by atoms with Crippen LogP contribution in [0, 0.1) is 5.82 Å². The van der Waals surface area contributed by atoms with Crippen LogP contribution in [-0.2, 0) is 0 Å². The first-order chi connectivity index (χ1) is 8.72. The summed E-state index contributed by atoms with van der Waals surface area (Å²) in [5.41, 5.74) is 7.56. The number of hydrogen-bond acceptors (Lipinski definition) is 3. The summed E-state index contributed by atoms with van der Waals surface area (Å²) in [6.07, 6.45) is 4.50. The van der Waals surface area contributed by atoms with Gasteiger partial charge in [0.1, 0.15) is 5.82 Å². The van der Waals surface area contributed by atoms with E-state index in [0.717, 1.165) is 18.4 Å². The highest BCUT2D eigenvalue weighted by atomic mass is 19.1. The number of imidazole rings is 1. The molecule has 18 heavy (non-hydrogen) atoms. The van der Waals surface area contributed by atoms with Gasteiger partial charge in [-0.2, -0.15) is 0 Å². The number of H-pyrrole nitrogens is 1. The normalized spacial score (nSPS) is 24.3. The van der Waals surface area contributed by atoms with E-state index in [4.69, 9.17) is 5.73 Å². The maximum absolute atomic E-state index is 13.1. The Balaban J connectivity index is 1.81. The van der Waals surface area contributed by atoms with E-state index < -0.39 is 0 Å². The molecular weight excluding hydrogens is 231 g/mol. The zero-order valence-electron chi connectivity index (χ0n) is 10.1. The molecule has 0 aliphatic heterocycles. The van der Waals surface area contributed by atoms with Crippen molar-refractivity contribution in [2.75, 3.05) is 5.32 Å². The third kappa shape index (κ3) is 2.18. The summed E-state index contributed by atoms with van der Waals surface area (Å²) in [5.74, 6) is 0.421. The number of halogens is 1. The summed E-state index contributed by atoms with van der Waals surface area (Å²) in [6.45, 7) is 0. The third-order valence-electron chi connectivity index (χ3n) is 3.59. The van der Waals surface area contributed by atoms with Crippen LogP contribution < -0.4 is 11.1 Å². The molecule has 2 atom stereocenters. The van der Waals surface area contributed by atoms with Crippen LogP contribution in [0.5, 0.6) is 0 Å². The van der Waals surface area contributed by atoms with Crippen molar-refractivity contribution in [3.05, 3.63) is 24.0 Å². The number of nitrogens with zero attached hydrogens (tertiary/aromatic N) is 1. The molecule has 0 unspecified atom stereocenters. The number of nitrogens with one attached hydrogen (secondary N) is 2. The summed E-state index contributed by atoms with van der Waals surface area (Å²) in [7, 11) is 0. The molecule has 1 fully saturated rings. The van der Waals surface area contributed by atoms with Crippen molar-refractivity contribution in [1.29, 1.82) is 0 Å². The van der Waals surface area contributed by atoms with Crippen LogP contribution in [0.25, 0.3) is 11.0 Å². The van der Waals surface area contributed by atoms with Crippen LogP contribution in [0.15, 0.2) is 18.2 Å². The van der Waals surface area contributed by atoms with Gasteiger partial charge in [0.25, 0.3) is 0 Å². The molecule has 1 heterocycles. The summed E-state index contributed by atoms with van der Waals surface area (Å²) in [5, 5.41) is 3.33. The van der Waals surface area contributed by atoms with Gasteiger partial charge in [0.05, 0.1) is 11.0 Å². The molecule has 5 heteroatoms. The van der Waals surface area contributed by atoms with Gasteiger partial charge >= 0.3 is 0 Å². The molecule has 0 amide bonds. The highest BCUT2D eigenvalue weighted by Gasteiger charge is 2.22. The quantitative estimate of drug-likeness (QED) is 0.764. The van der Waals surface area contributed by atoms with E-state index in [1.165, 1.54) is 25.0 Å². The first-order valence-electron chi connectivity index (χ1n) is 6.40. The molecule has 1 aromatic carbocycles. The monoisotopic (exact) mass is 248 g/mol. The molecule has 3 rings (SSSR count). The molecule has 1 saturated carbocycles. The molecule has 0 saturated heterocycles. The van der Waals surface area contributed by atoms with Crippen LogP contribution in [-0.4, -0.2) is 22.1 Å². The molecule has 96 valence electrons. The number of aromatic amines is 1. The Kier molecular flexibility index (Phi) is 2.91. The Morgan fingerprint density at radius 3 is 3.00 bits per heavy atom. The summed E-state index contributed by atoms with van der Waals surface area (Å²) >= 11 is 0. The van der Waals surface area contributed by atoms with E-state index >= 15 is 0 Å². The summed E-state index contributed by atoms with van der Waals surface area (Å²) < 4.78 is 13.1. The van der Waals surface area contributed by atoms with E-state index in [0.29, 0.717) is 11.5 Å². The van der Waals surface area contributed by atoms with Gasteiger partial charge in [0, 0.05) is 12.1 Å². The molecule has 1 aromatic heterocycles. The van der Waals surface area contributed by atoms with Gasteiger partial charge in [-0.15, -0.1) is 0 Å². The van der Waals surface area contributed by atoms with Crippen molar-refractivity contribution >= 4 is 17.0 Å². The fourth-order valence-electron chi connectivity index (χ4n) is 2.56. The number of hydrogen-bond donors (Lipinski definition) is 3. The molecular formula is C13H17FN4. The van der Waals surface area contributed by atoms with Crippen LogP contribution in [0.3, 0.4) is 0 Å². The molecule has 0 radical (unpaired) electrons. The Morgan fingerprint density at radius 2 is 2.17 bits per heavy atom. The smallest absolute Gasteiger partial charge is 0.201 e. The average molecular weight is 248 g/mol. The maximum atomic E-state index is 13.1. The van der Waals surface area contributed by atoms with Gasteiger partial charge < -0.3 is 16.0 Å². The Bertz CT molecular complexity index is 551. The number of fused-ring (bicyclic) bond motifs is 1. The summed E-state index contributed by atoms with van der Waals surface area (Å²) in [6, 6.07) is 4.97. The van der Waals surface area contributed by atoms with E-state index in [-0.39, 0.29) is 17.9 Å². The molecule has 1 aliphatic rings. The zero-order chi connectivity index (χ0) is 12.5. The lowest BCUT2D eigenvalue weighted by molar-refractivity contribution is 0.403. The highest BCUT2D eigenvalue weighted by Crippen LogP contribution is 2.21. The number of anilines is 1. The molecule has 2 aromatic rings. The first kappa shape index (κ1) is 11.5. The lowest BCUT2D eigenvalue weighted by Gasteiger charge is -2.29. The van der Waals surface area contributed by atoms with Crippen LogP contribution in [0.2, 0.25) is 0 Å². The summed E-state index contributed by atoms with van der Waals surface area (Å²) in [4.78, 5) is 7.48. The lowest BCUT2D eigenvalue weighted by Crippen LogP contribution is -2.42. The standard InChI is InChI=1S/C13H17FN4/c14-8-5-6-11-12(7-8)18-13(17-11)16-10-4-2-1-3-9(10)15/h5-7,9-10H,1-4,15H2,(H2,16,17,18)/t9-,10-/m1/s1.